The number of halogens is 1. The van der Waals surface area contributed by atoms with Gasteiger partial charge in [-0.2, -0.15) is 0 Å². The highest BCUT2D eigenvalue weighted by atomic mass is 19.1. The van der Waals surface area contributed by atoms with E-state index >= 15 is 0 Å². The van der Waals surface area contributed by atoms with E-state index in [-0.39, 0.29) is 11.7 Å². The van der Waals surface area contributed by atoms with Crippen molar-refractivity contribution in [3.8, 4) is 0 Å². The summed E-state index contributed by atoms with van der Waals surface area (Å²) < 4.78 is 14.2. The second-order valence-electron chi connectivity index (χ2n) is 7.12. The Kier molecular flexibility index (Phi) is 4.02. The lowest BCUT2D eigenvalue weighted by Crippen LogP contribution is -2.38. The van der Waals surface area contributed by atoms with Gasteiger partial charge in [0.1, 0.15) is 11.2 Å². The minimum absolute atomic E-state index is 0.206. The van der Waals surface area contributed by atoms with Gasteiger partial charge in [0.05, 0.1) is 11.0 Å². The molecule has 0 aliphatic heterocycles. The third-order valence-corrected chi connectivity index (χ3v) is 5.61. The van der Waals surface area contributed by atoms with E-state index in [9.17, 15) is 14.3 Å². The normalized spacial score (nSPS) is 22.0. The highest BCUT2D eigenvalue weighted by Crippen LogP contribution is 2.48. The maximum absolute atomic E-state index is 14.2. The molecule has 2 atom stereocenters. The summed E-state index contributed by atoms with van der Waals surface area (Å²) in [6.45, 7) is 3.54. The van der Waals surface area contributed by atoms with Gasteiger partial charge in [0.2, 0.25) is 0 Å². The van der Waals surface area contributed by atoms with Crippen molar-refractivity contribution in [3.05, 3.63) is 77.4 Å². The van der Waals surface area contributed by atoms with Crippen molar-refractivity contribution in [2.24, 2.45) is 5.92 Å². The fraction of sp³-hybridized carbons (Fsp3) is 0.227. The van der Waals surface area contributed by atoms with E-state index in [2.05, 4.69) is 9.97 Å². The number of carbonyl (C=O) groups is 1. The van der Waals surface area contributed by atoms with Crippen molar-refractivity contribution < 1.29 is 14.3 Å². The van der Waals surface area contributed by atoms with Gasteiger partial charge in [0.25, 0.3) is 0 Å². The second-order valence-corrected chi connectivity index (χ2v) is 7.12. The SMILES string of the molecule is Cc1c(F)cccc1C1(C(=O)O)C=C(c2ccc3nccnc3c2)CC1C. The first-order valence-corrected chi connectivity index (χ1v) is 8.85. The van der Waals surface area contributed by atoms with E-state index < -0.39 is 11.4 Å². The predicted molar refractivity (Wildman–Crippen MR) is 102 cm³/mol. The molecule has 1 aliphatic rings. The summed E-state index contributed by atoms with van der Waals surface area (Å²) in [7, 11) is 0. The Balaban J connectivity index is 1.89. The smallest absolute Gasteiger partial charge is 0.318 e. The average molecular weight is 362 g/mol. The van der Waals surface area contributed by atoms with Gasteiger partial charge < -0.3 is 5.11 Å². The third kappa shape index (κ3) is 2.62. The van der Waals surface area contributed by atoms with E-state index in [0.29, 0.717) is 17.5 Å². The van der Waals surface area contributed by atoms with Gasteiger partial charge in [-0.15, -0.1) is 0 Å². The van der Waals surface area contributed by atoms with Crippen molar-refractivity contribution >= 4 is 22.6 Å². The zero-order valence-corrected chi connectivity index (χ0v) is 15.1. The topological polar surface area (TPSA) is 63.1 Å². The van der Waals surface area contributed by atoms with Crippen LogP contribution >= 0.6 is 0 Å². The number of carboxylic acids is 1. The molecule has 2 unspecified atom stereocenters. The van der Waals surface area contributed by atoms with Crippen LogP contribution in [0.1, 0.15) is 30.0 Å². The number of hydrogen-bond acceptors (Lipinski definition) is 3. The predicted octanol–water partition coefficient (Wildman–Crippen LogP) is 4.52. The number of benzene rings is 2. The molecular formula is C22H19FN2O2. The van der Waals surface area contributed by atoms with Gasteiger partial charge in [0.15, 0.2) is 0 Å². The first-order valence-electron chi connectivity index (χ1n) is 8.85. The molecule has 4 nitrogen and oxygen atoms in total. The minimum Gasteiger partial charge on any atom is -0.480 e. The summed E-state index contributed by atoms with van der Waals surface area (Å²) in [6.07, 6.45) is 5.66. The molecule has 0 saturated heterocycles. The van der Waals surface area contributed by atoms with Crippen LogP contribution < -0.4 is 0 Å². The van der Waals surface area contributed by atoms with E-state index in [1.807, 2.05) is 25.1 Å². The minimum atomic E-state index is -1.25. The summed E-state index contributed by atoms with van der Waals surface area (Å²) in [4.78, 5) is 21.0. The monoisotopic (exact) mass is 362 g/mol. The molecule has 0 saturated carbocycles. The first kappa shape index (κ1) is 17.3. The van der Waals surface area contributed by atoms with E-state index in [1.165, 1.54) is 6.07 Å². The molecule has 1 N–H and O–H groups in total. The number of nitrogens with zero attached hydrogens (tertiary/aromatic N) is 2. The summed E-state index contributed by atoms with van der Waals surface area (Å²) in [5, 5.41) is 10.2. The van der Waals surface area contributed by atoms with Crippen LogP contribution in [-0.2, 0) is 10.2 Å². The van der Waals surface area contributed by atoms with Crippen molar-refractivity contribution in [1.29, 1.82) is 0 Å². The van der Waals surface area contributed by atoms with Gasteiger partial charge >= 0.3 is 5.97 Å². The molecule has 27 heavy (non-hydrogen) atoms. The zero-order valence-electron chi connectivity index (χ0n) is 15.1. The van der Waals surface area contributed by atoms with Crippen LogP contribution in [0.4, 0.5) is 4.39 Å². The van der Waals surface area contributed by atoms with Crippen molar-refractivity contribution in [1.82, 2.24) is 9.97 Å². The van der Waals surface area contributed by atoms with Gasteiger partial charge in [-0.1, -0.05) is 31.2 Å². The number of allylic oxidation sites excluding steroid dienone is 1. The molecule has 136 valence electrons. The quantitative estimate of drug-likeness (QED) is 0.744. The molecule has 1 aliphatic carbocycles. The fourth-order valence-corrected chi connectivity index (χ4v) is 4.12. The highest BCUT2D eigenvalue weighted by molar-refractivity contribution is 5.91. The lowest BCUT2D eigenvalue weighted by Gasteiger charge is -2.30. The molecule has 0 bridgehead atoms. The molecule has 0 spiro atoms. The number of fused-ring (bicyclic) bond motifs is 1. The van der Waals surface area contributed by atoms with Crippen LogP contribution in [0.15, 0.2) is 54.9 Å². The maximum Gasteiger partial charge on any atom is 0.318 e. The fourth-order valence-electron chi connectivity index (χ4n) is 4.12. The maximum atomic E-state index is 14.2. The molecule has 3 aromatic rings. The molecule has 5 heteroatoms. The third-order valence-electron chi connectivity index (χ3n) is 5.61. The first-order chi connectivity index (χ1) is 12.9. The summed E-state index contributed by atoms with van der Waals surface area (Å²) in [5.74, 6) is -1.55. The molecule has 0 amide bonds. The van der Waals surface area contributed by atoms with Gasteiger partial charge in [-0.3, -0.25) is 14.8 Å². The van der Waals surface area contributed by atoms with Crippen LogP contribution in [0, 0.1) is 18.7 Å². The van der Waals surface area contributed by atoms with Crippen LogP contribution in [-0.4, -0.2) is 21.0 Å². The van der Waals surface area contributed by atoms with E-state index in [4.69, 9.17) is 0 Å². The highest BCUT2D eigenvalue weighted by Gasteiger charge is 2.48. The lowest BCUT2D eigenvalue weighted by atomic mass is 9.72. The van der Waals surface area contributed by atoms with Gasteiger partial charge in [0, 0.05) is 12.4 Å². The number of rotatable bonds is 3. The standard InChI is InChI=1S/C22H19FN2O2/c1-13-10-16(15-6-7-19-20(11-15)25-9-8-24-19)12-22(13,21(26)27)17-4-3-5-18(23)14(17)2/h3-9,11-13H,10H2,1-2H3,(H,26,27). The molecular weight excluding hydrogens is 343 g/mol. The lowest BCUT2D eigenvalue weighted by molar-refractivity contribution is -0.143. The molecule has 0 radical (unpaired) electrons. The number of hydrogen-bond donors (Lipinski definition) is 1. The Hall–Kier alpha value is -3.08. The van der Waals surface area contributed by atoms with Crippen molar-refractivity contribution in [2.45, 2.75) is 25.7 Å². The van der Waals surface area contributed by atoms with E-state index in [0.717, 1.165) is 22.2 Å². The van der Waals surface area contributed by atoms with Crippen LogP contribution in [0.2, 0.25) is 0 Å². The average Bonchev–Trinajstić information content (AvgIpc) is 3.02. The summed E-state index contributed by atoms with van der Waals surface area (Å²) >= 11 is 0. The zero-order chi connectivity index (χ0) is 19.2. The van der Waals surface area contributed by atoms with Crippen molar-refractivity contribution in [2.75, 3.05) is 0 Å². The summed E-state index contributed by atoms with van der Waals surface area (Å²) in [5.41, 5.74) is 3.05. The van der Waals surface area contributed by atoms with E-state index in [1.54, 1.807) is 37.5 Å². The van der Waals surface area contributed by atoms with Crippen LogP contribution in [0.3, 0.4) is 0 Å². The summed E-state index contributed by atoms with van der Waals surface area (Å²) in [6, 6.07) is 10.4. The second kappa shape index (κ2) is 6.27. The van der Waals surface area contributed by atoms with Crippen molar-refractivity contribution in [3.63, 3.8) is 0 Å². The van der Waals surface area contributed by atoms with Crippen LogP contribution in [0.25, 0.3) is 16.6 Å². The Morgan fingerprint density at radius 2 is 1.93 bits per heavy atom. The molecule has 4 rings (SSSR count). The Labute approximate surface area is 156 Å². The van der Waals surface area contributed by atoms with Gasteiger partial charge in [-0.05, 0) is 59.7 Å². The Bertz CT molecular complexity index is 1090. The van der Waals surface area contributed by atoms with Gasteiger partial charge in [-0.25, -0.2) is 4.39 Å². The Morgan fingerprint density at radius 1 is 1.19 bits per heavy atom. The molecule has 1 heterocycles. The molecule has 1 aromatic heterocycles. The number of carboxylic acid groups (broad SMARTS) is 1. The van der Waals surface area contributed by atoms with Crippen LogP contribution in [0.5, 0.6) is 0 Å². The largest absolute Gasteiger partial charge is 0.480 e. The number of aromatic nitrogens is 2. The molecule has 0 fully saturated rings. The molecule has 2 aromatic carbocycles. The number of aliphatic carboxylic acids is 1. The Morgan fingerprint density at radius 3 is 2.67 bits per heavy atom.